The van der Waals surface area contributed by atoms with Gasteiger partial charge in [-0.05, 0) is 31.0 Å². The van der Waals surface area contributed by atoms with Crippen LogP contribution >= 0.6 is 0 Å². The van der Waals surface area contributed by atoms with Crippen LogP contribution in [-0.4, -0.2) is 18.9 Å². The van der Waals surface area contributed by atoms with Gasteiger partial charge in [-0.25, -0.2) is 4.39 Å². The second-order valence-corrected chi connectivity index (χ2v) is 6.04. The Hall–Kier alpha value is -2.89. The summed E-state index contributed by atoms with van der Waals surface area (Å²) in [5.74, 6) is -0.497. The third-order valence-corrected chi connectivity index (χ3v) is 4.34. The van der Waals surface area contributed by atoms with Crippen LogP contribution in [0.3, 0.4) is 0 Å². The Morgan fingerprint density at radius 2 is 1.88 bits per heavy atom. The molecule has 2 aromatic rings. The van der Waals surface area contributed by atoms with E-state index in [4.69, 9.17) is 4.74 Å². The molecule has 3 rings (SSSR count). The normalized spacial score (nSPS) is 14.5. The second kappa shape index (κ2) is 6.93. The Morgan fingerprint density at radius 3 is 2.56 bits per heavy atom. The molecule has 25 heavy (non-hydrogen) atoms. The zero-order valence-electron chi connectivity index (χ0n) is 13.8. The zero-order valence-corrected chi connectivity index (χ0v) is 13.8. The van der Waals surface area contributed by atoms with Gasteiger partial charge in [0.15, 0.2) is 0 Å². The molecule has 130 valence electrons. The van der Waals surface area contributed by atoms with E-state index in [1.807, 2.05) is 0 Å². The van der Waals surface area contributed by atoms with Crippen LogP contribution in [0.1, 0.15) is 18.4 Å². The molecule has 0 spiro atoms. The third kappa shape index (κ3) is 3.63. The predicted molar refractivity (Wildman–Crippen MR) is 91.5 cm³/mol. The van der Waals surface area contributed by atoms with Gasteiger partial charge < -0.3 is 15.4 Å². The van der Waals surface area contributed by atoms with Crippen molar-refractivity contribution < 1.29 is 18.7 Å². The van der Waals surface area contributed by atoms with E-state index < -0.39 is 5.41 Å². The number of amides is 2. The second-order valence-electron chi connectivity index (χ2n) is 6.04. The summed E-state index contributed by atoms with van der Waals surface area (Å²) in [4.78, 5) is 25.0. The van der Waals surface area contributed by atoms with Crippen LogP contribution in [0, 0.1) is 11.2 Å². The number of carbonyl (C=O) groups is 2. The van der Waals surface area contributed by atoms with Crippen molar-refractivity contribution in [1.29, 1.82) is 0 Å². The minimum Gasteiger partial charge on any atom is -0.497 e. The fraction of sp³-hybridized carbons (Fsp3) is 0.263. The van der Waals surface area contributed by atoms with Gasteiger partial charge in [0.2, 0.25) is 11.8 Å². The van der Waals surface area contributed by atoms with Crippen molar-refractivity contribution in [2.24, 2.45) is 5.41 Å². The van der Waals surface area contributed by atoms with Crippen molar-refractivity contribution in [2.45, 2.75) is 19.4 Å². The van der Waals surface area contributed by atoms with Gasteiger partial charge in [-0.1, -0.05) is 24.3 Å². The molecule has 0 aliphatic heterocycles. The smallest absolute Gasteiger partial charge is 0.240 e. The number of halogens is 1. The molecule has 1 aliphatic rings. The number of carbonyl (C=O) groups excluding carboxylic acids is 2. The van der Waals surface area contributed by atoms with Crippen LogP contribution in [0.25, 0.3) is 0 Å². The van der Waals surface area contributed by atoms with Gasteiger partial charge >= 0.3 is 0 Å². The summed E-state index contributed by atoms with van der Waals surface area (Å²) < 4.78 is 18.7. The molecule has 2 aromatic carbocycles. The summed E-state index contributed by atoms with van der Waals surface area (Å²) in [6.07, 6.45) is 0.956. The number of benzene rings is 2. The summed E-state index contributed by atoms with van der Waals surface area (Å²) >= 11 is 0. The van der Waals surface area contributed by atoms with E-state index in [2.05, 4.69) is 10.6 Å². The van der Waals surface area contributed by atoms with Gasteiger partial charge in [0, 0.05) is 23.9 Å². The number of hydrogen-bond donors (Lipinski definition) is 2. The Kier molecular flexibility index (Phi) is 4.70. The molecule has 1 fully saturated rings. The maximum Gasteiger partial charge on any atom is 0.240 e. The molecule has 0 saturated heterocycles. The maximum atomic E-state index is 13.6. The number of anilines is 1. The monoisotopic (exact) mass is 342 g/mol. The van der Waals surface area contributed by atoms with Crippen molar-refractivity contribution >= 4 is 17.5 Å². The molecule has 2 amide bonds. The topological polar surface area (TPSA) is 67.4 Å². The van der Waals surface area contributed by atoms with Crippen LogP contribution in [-0.2, 0) is 16.1 Å². The zero-order chi connectivity index (χ0) is 17.9. The van der Waals surface area contributed by atoms with Crippen LogP contribution in [0.4, 0.5) is 10.1 Å². The Balaban J connectivity index is 1.63. The number of methoxy groups -OCH3 is 1. The maximum absolute atomic E-state index is 13.6. The average Bonchev–Trinajstić information content (AvgIpc) is 3.43. The molecule has 1 aliphatic carbocycles. The molecule has 0 radical (unpaired) electrons. The molecule has 6 heteroatoms. The van der Waals surface area contributed by atoms with E-state index in [0.717, 1.165) is 0 Å². The lowest BCUT2D eigenvalue weighted by Crippen LogP contribution is -2.39. The van der Waals surface area contributed by atoms with Crippen molar-refractivity contribution in [2.75, 3.05) is 12.4 Å². The van der Waals surface area contributed by atoms with E-state index >= 15 is 0 Å². The lowest BCUT2D eigenvalue weighted by atomic mass is 10.0. The molecule has 2 N–H and O–H groups in total. The third-order valence-electron chi connectivity index (χ3n) is 4.34. The lowest BCUT2D eigenvalue weighted by Gasteiger charge is -2.16. The fourth-order valence-corrected chi connectivity index (χ4v) is 2.62. The molecular weight excluding hydrogens is 323 g/mol. The highest BCUT2D eigenvalue weighted by Crippen LogP contribution is 2.47. The molecular formula is C19H19FN2O3. The molecule has 0 atom stereocenters. The first-order valence-corrected chi connectivity index (χ1v) is 8.02. The van der Waals surface area contributed by atoms with Crippen molar-refractivity contribution in [3.63, 3.8) is 0 Å². The van der Waals surface area contributed by atoms with Gasteiger partial charge in [0.05, 0.1) is 7.11 Å². The standard InChI is InChI=1S/C19H19FN2O3/c1-25-15-7-4-6-14(11-15)22-18(24)19(9-10-19)17(23)21-12-13-5-2-3-8-16(13)20/h2-8,11H,9-10,12H2,1H3,(H,21,23)(H,22,24). The first-order chi connectivity index (χ1) is 12.0. The van der Waals surface area contributed by atoms with Crippen molar-refractivity contribution in [3.05, 3.63) is 59.9 Å². The number of ether oxygens (including phenoxy) is 1. The average molecular weight is 342 g/mol. The van der Waals surface area contributed by atoms with E-state index in [-0.39, 0.29) is 24.2 Å². The molecule has 0 unspecified atom stereocenters. The van der Waals surface area contributed by atoms with Gasteiger partial charge in [-0.3, -0.25) is 9.59 Å². The van der Waals surface area contributed by atoms with Gasteiger partial charge in [0.25, 0.3) is 0 Å². The fourth-order valence-electron chi connectivity index (χ4n) is 2.62. The summed E-state index contributed by atoms with van der Waals surface area (Å²) in [7, 11) is 1.54. The first-order valence-electron chi connectivity index (χ1n) is 8.02. The van der Waals surface area contributed by atoms with Gasteiger partial charge in [0.1, 0.15) is 17.0 Å². The van der Waals surface area contributed by atoms with Crippen LogP contribution in [0.15, 0.2) is 48.5 Å². The minimum atomic E-state index is -1.08. The highest BCUT2D eigenvalue weighted by atomic mass is 19.1. The first kappa shape index (κ1) is 17.0. The number of hydrogen-bond acceptors (Lipinski definition) is 3. The van der Waals surface area contributed by atoms with Crippen LogP contribution < -0.4 is 15.4 Å². The highest BCUT2D eigenvalue weighted by molar-refractivity contribution is 6.13. The van der Waals surface area contributed by atoms with Crippen molar-refractivity contribution in [1.82, 2.24) is 5.32 Å². The van der Waals surface area contributed by atoms with E-state index in [9.17, 15) is 14.0 Å². The SMILES string of the molecule is COc1cccc(NC(=O)C2(C(=O)NCc3ccccc3F)CC2)c1. The molecule has 0 bridgehead atoms. The van der Waals surface area contributed by atoms with Gasteiger partial charge in [-0.15, -0.1) is 0 Å². The largest absolute Gasteiger partial charge is 0.497 e. The minimum absolute atomic E-state index is 0.0553. The summed E-state index contributed by atoms with van der Waals surface area (Å²) in [5, 5.41) is 5.42. The molecule has 5 nitrogen and oxygen atoms in total. The molecule has 0 aromatic heterocycles. The summed E-state index contributed by atoms with van der Waals surface area (Å²) in [5.41, 5.74) is -0.119. The van der Waals surface area contributed by atoms with E-state index in [0.29, 0.717) is 29.8 Å². The molecule has 1 saturated carbocycles. The Labute approximate surface area is 145 Å². The Bertz CT molecular complexity index is 803. The lowest BCUT2D eigenvalue weighted by molar-refractivity contribution is -0.134. The summed E-state index contributed by atoms with van der Waals surface area (Å²) in [6.45, 7) is 0.0553. The summed E-state index contributed by atoms with van der Waals surface area (Å²) in [6, 6.07) is 13.2. The van der Waals surface area contributed by atoms with E-state index in [1.54, 1.807) is 49.6 Å². The number of rotatable bonds is 6. The highest BCUT2D eigenvalue weighted by Gasteiger charge is 2.56. The predicted octanol–water partition coefficient (Wildman–Crippen LogP) is 2.87. The van der Waals surface area contributed by atoms with Crippen molar-refractivity contribution in [3.8, 4) is 5.75 Å². The van der Waals surface area contributed by atoms with Gasteiger partial charge in [-0.2, -0.15) is 0 Å². The Morgan fingerprint density at radius 1 is 1.12 bits per heavy atom. The van der Waals surface area contributed by atoms with Crippen LogP contribution in [0.2, 0.25) is 0 Å². The van der Waals surface area contributed by atoms with E-state index in [1.165, 1.54) is 6.07 Å². The van der Waals surface area contributed by atoms with Crippen LogP contribution in [0.5, 0.6) is 5.75 Å². The quantitative estimate of drug-likeness (QED) is 0.793. The number of nitrogens with one attached hydrogen (secondary N) is 2. The molecule has 0 heterocycles.